The van der Waals surface area contributed by atoms with Gasteiger partial charge in [-0.05, 0) is 79.9 Å². The molecule has 3 aromatic rings. The first-order valence-corrected chi connectivity index (χ1v) is 12.0. The molecule has 0 radical (unpaired) electrons. The standard InChI is InChI=1S/C24H23ClN2O4S/c1-16-13-21(32(29,30)26-20-9-7-19(25)8-10-20)11-12-23(16)31-15-24(28)27-17(2)14-18-5-3-4-6-22(18)27/h3-13,17,26H,14-15H2,1-2H3/t17-/m0/s1. The van der Waals surface area contributed by atoms with E-state index in [-0.39, 0.29) is 23.5 Å². The van der Waals surface area contributed by atoms with Crippen molar-refractivity contribution >= 4 is 38.9 Å². The number of halogens is 1. The first-order chi connectivity index (χ1) is 15.2. The van der Waals surface area contributed by atoms with Crippen LogP contribution in [0.5, 0.6) is 5.75 Å². The second kappa shape index (κ2) is 8.84. The predicted molar refractivity (Wildman–Crippen MR) is 126 cm³/mol. The minimum absolute atomic E-state index is 0.0658. The number of benzene rings is 3. The molecule has 0 spiro atoms. The zero-order chi connectivity index (χ0) is 22.9. The first kappa shape index (κ1) is 22.2. The number of para-hydroxylation sites is 1. The minimum Gasteiger partial charge on any atom is -0.483 e. The Morgan fingerprint density at radius 3 is 2.56 bits per heavy atom. The van der Waals surface area contributed by atoms with Crippen LogP contribution in [0.3, 0.4) is 0 Å². The first-order valence-electron chi connectivity index (χ1n) is 10.2. The number of aryl methyl sites for hydroxylation is 1. The Balaban J connectivity index is 1.45. The maximum atomic E-state index is 12.8. The van der Waals surface area contributed by atoms with Crippen molar-refractivity contribution in [2.24, 2.45) is 0 Å². The number of hydrogen-bond acceptors (Lipinski definition) is 4. The molecular weight excluding hydrogens is 448 g/mol. The molecule has 0 fully saturated rings. The number of carbonyl (C=O) groups is 1. The second-order valence-electron chi connectivity index (χ2n) is 7.77. The van der Waals surface area contributed by atoms with Crippen LogP contribution >= 0.6 is 11.6 Å². The number of amides is 1. The van der Waals surface area contributed by atoms with Gasteiger partial charge in [-0.15, -0.1) is 0 Å². The summed E-state index contributed by atoms with van der Waals surface area (Å²) < 4.78 is 33.7. The smallest absolute Gasteiger partial charge is 0.265 e. The molecule has 166 valence electrons. The molecule has 4 rings (SSSR count). The number of fused-ring (bicyclic) bond motifs is 1. The monoisotopic (exact) mass is 470 g/mol. The van der Waals surface area contributed by atoms with Crippen LogP contribution in [0.2, 0.25) is 5.02 Å². The molecule has 1 atom stereocenters. The average Bonchev–Trinajstić information content (AvgIpc) is 3.10. The highest BCUT2D eigenvalue weighted by Crippen LogP contribution is 2.32. The summed E-state index contributed by atoms with van der Waals surface area (Å²) in [5.41, 5.74) is 3.09. The third kappa shape index (κ3) is 4.59. The second-order valence-corrected chi connectivity index (χ2v) is 9.89. The van der Waals surface area contributed by atoms with Gasteiger partial charge in [0, 0.05) is 22.4 Å². The Bertz CT molecular complexity index is 1260. The highest BCUT2D eigenvalue weighted by molar-refractivity contribution is 7.92. The van der Waals surface area contributed by atoms with Gasteiger partial charge in [0.15, 0.2) is 6.61 Å². The third-order valence-corrected chi connectivity index (χ3v) is 7.01. The van der Waals surface area contributed by atoms with Crippen LogP contribution < -0.4 is 14.4 Å². The van der Waals surface area contributed by atoms with Crippen LogP contribution in [-0.4, -0.2) is 27.0 Å². The van der Waals surface area contributed by atoms with Gasteiger partial charge in [0.2, 0.25) is 0 Å². The molecule has 0 unspecified atom stereocenters. The molecule has 1 heterocycles. The lowest BCUT2D eigenvalue weighted by molar-refractivity contribution is -0.120. The minimum atomic E-state index is -3.77. The van der Waals surface area contributed by atoms with Gasteiger partial charge in [0.1, 0.15) is 5.75 Å². The van der Waals surface area contributed by atoms with Gasteiger partial charge >= 0.3 is 0 Å². The van der Waals surface area contributed by atoms with E-state index in [1.54, 1.807) is 42.2 Å². The molecule has 1 N–H and O–H groups in total. The van der Waals surface area contributed by atoms with E-state index >= 15 is 0 Å². The molecule has 1 aliphatic heterocycles. The van der Waals surface area contributed by atoms with Crippen molar-refractivity contribution in [1.82, 2.24) is 0 Å². The average molecular weight is 471 g/mol. The fourth-order valence-corrected chi connectivity index (χ4v) is 5.11. The van der Waals surface area contributed by atoms with Gasteiger partial charge in [0.25, 0.3) is 15.9 Å². The Hall–Kier alpha value is -3.03. The van der Waals surface area contributed by atoms with Crippen molar-refractivity contribution in [2.75, 3.05) is 16.2 Å². The summed E-state index contributed by atoms with van der Waals surface area (Å²) >= 11 is 5.85. The number of ether oxygens (including phenoxy) is 1. The Kier molecular flexibility index (Phi) is 6.13. The lowest BCUT2D eigenvalue weighted by Gasteiger charge is -2.23. The van der Waals surface area contributed by atoms with Crippen molar-refractivity contribution in [3.8, 4) is 5.75 Å². The van der Waals surface area contributed by atoms with Crippen LogP contribution in [0.25, 0.3) is 0 Å². The molecule has 32 heavy (non-hydrogen) atoms. The lowest BCUT2D eigenvalue weighted by atomic mass is 10.1. The number of anilines is 2. The normalized spacial score (nSPS) is 15.3. The molecule has 0 aromatic heterocycles. The summed E-state index contributed by atoms with van der Waals surface area (Å²) in [5, 5.41) is 0.520. The molecule has 0 saturated carbocycles. The molecule has 3 aromatic carbocycles. The fraction of sp³-hybridized carbons (Fsp3) is 0.208. The molecule has 6 nitrogen and oxygen atoms in total. The summed E-state index contributed by atoms with van der Waals surface area (Å²) in [5.74, 6) is 0.326. The zero-order valence-electron chi connectivity index (χ0n) is 17.7. The van der Waals surface area contributed by atoms with Gasteiger partial charge < -0.3 is 9.64 Å². The van der Waals surface area contributed by atoms with Crippen molar-refractivity contribution in [3.05, 3.63) is 82.9 Å². The van der Waals surface area contributed by atoms with Crippen molar-refractivity contribution in [3.63, 3.8) is 0 Å². The van der Waals surface area contributed by atoms with Gasteiger partial charge in [-0.1, -0.05) is 29.8 Å². The number of hydrogen-bond donors (Lipinski definition) is 1. The van der Waals surface area contributed by atoms with E-state index in [1.165, 1.54) is 12.1 Å². The van der Waals surface area contributed by atoms with E-state index in [4.69, 9.17) is 16.3 Å². The number of carbonyl (C=O) groups excluding carboxylic acids is 1. The summed E-state index contributed by atoms with van der Waals surface area (Å²) in [4.78, 5) is 14.7. The number of rotatable bonds is 6. The Morgan fingerprint density at radius 2 is 1.84 bits per heavy atom. The maximum Gasteiger partial charge on any atom is 0.265 e. The SMILES string of the molecule is Cc1cc(S(=O)(=O)Nc2ccc(Cl)cc2)ccc1OCC(=O)N1c2ccccc2C[C@@H]1C. The van der Waals surface area contributed by atoms with Crippen molar-refractivity contribution in [1.29, 1.82) is 0 Å². The van der Waals surface area contributed by atoms with Crippen LogP contribution in [0.1, 0.15) is 18.1 Å². The van der Waals surface area contributed by atoms with Gasteiger partial charge in [-0.25, -0.2) is 8.42 Å². The van der Waals surface area contributed by atoms with Crippen LogP contribution in [-0.2, 0) is 21.2 Å². The highest BCUT2D eigenvalue weighted by atomic mass is 35.5. The zero-order valence-corrected chi connectivity index (χ0v) is 19.3. The van der Waals surface area contributed by atoms with E-state index in [1.807, 2.05) is 31.2 Å². The largest absolute Gasteiger partial charge is 0.483 e. The van der Waals surface area contributed by atoms with Gasteiger partial charge in [0.05, 0.1) is 4.90 Å². The van der Waals surface area contributed by atoms with Crippen LogP contribution in [0.15, 0.2) is 71.6 Å². The van der Waals surface area contributed by atoms with Gasteiger partial charge in [-0.3, -0.25) is 9.52 Å². The highest BCUT2D eigenvalue weighted by Gasteiger charge is 2.30. The van der Waals surface area contributed by atoms with Crippen molar-refractivity contribution in [2.45, 2.75) is 31.2 Å². The number of sulfonamides is 1. The summed E-state index contributed by atoms with van der Waals surface area (Å²) in [6, 6.07) is 18.9. The Labute approximate surface area is 192 Å². The molecule has 0 bridgehead atoms. The quantitative estimate of drug-likeness (QED) is 0.561. The summed E-state index contributed by atoms with van der Waals surface area (Å²) in [6.07, 6.45) is 0.814. The molecule has 1 aliphatic rings. The molecule has 0 saturated heterocycles. The Morgan fingerprint density at radius 1 is 1.12 bits per heavy atom. The van der Waals surface area contributed by atoms with E-state index in [9.17, 15) is 13.2 Å². The van der Waals surface area contributed by atoms with Crippen LogP contribution in [0, 0.1) is 6.92 Å². The molecule has 8 heteroatoms. The summed E-state index contributed by atoms with van der Waals surface area (Å²) in [7, 11) is -3.77. The summed E-state index contributed by atoms with van der Waals surface area (Å²) in [6.45, 7) is 3.63. The van der Waals surface area contributed by atoms with Crippen LogP contribution in [0.4, 0.5) is 11.4 Å². The lowest BCUT2D eigenvalue weighted by Crippen LogP contribution is -2.39. The van der Waals surface area contributed by atoms with E-state index in [2.05, 4.69) is 4.72 Å². The maximum absolute atomic E-state index is 12.8. The van der Waals surface area contributed by atoms with E-state index in [0.717, 1.165) is 17.7 Å². The van der Waals surface area contributed by atoms with Crippen molar-refractivity contribution < 1.29 is 17.9 Å². The van der Waals surface area contributed by atoms with Gasteiger partial charge in [-0.2, -0.15) is 0 Å². The fourth-order valence-electron chi connectivity index (χ4n) is 3.84. The number of nitrogens with zero attached hydrogens (tertiary/aromatic N) is 1. The predicted octanol–water partition coefficient (Wildman–Crippen LogP) is 4.81. The van der Waals surface area contributed by atoms with E-state index < -0.39 is 10.0 Å². The molecular formula is C24H23ClN2O4S. The topological polar surface area (TPSA) is 75.7 Å². The number of nitrogens with one attached hydrogen (secondary N) is 1. The third-order valence-electron chi connectivity index (χ3n) is 5.38. The molecule has 1 amide bonds. The van der Waals surface area contributed by atoms with E-state index in [0.29, 0.717) is 22.0 Å². The molecule has 0 aliphatic carbocycles.